The molecule has 92 valence electrons. The van der Waals surface area contributed by atoms with Gasteiger partial charge in [-0.25, -0.2) is 0 Å². The molecule has 0 aromatic carbocycles. The van der Waals surface area contributed by atoms with Gasteiger partial charge in [-0.1, -0.05) is 30.4 Å². The number of rotatable bonds is 9. The van der Waals surface area contributed by atoms with Gasteiger partial charge >= 0.3 is 0 Å². The SMILES string of the molecule is CCSC(OC)(OCCC(S)OC)SC. The fourth-order valence-corrected chi connectivity index (χ4v) is 2.88. The average Bonchev–Trinajstić information content (AvgIpc) is 2.27. The van der Waals surface area contributed by atoms with Crippen LogP contribution in [0.3, 0.4) is 0 Å². The van der Waals surface area contributed by atoms with Crippen LogP contribution in [-0.4, -0.2) is 42.7 Å². The first-order valence-corrected chi connectivity index (χ1v) is 7.45. The van der Waals surface area contributed by atoms with Gasteiger partial charge in [0.1, 0.15) is 5.44 Å². The molecular formula is C9H20O3S3. The number of thiol groups is 1. The Morgan fingerprint density at radius 2 is 2.07 bits per heavy atom. The van der Waals surface area contributed by atoms with Gasteiger partial charge in [0, 0.05) is 20.6 Å². The molecule has 0 spiro atoms. The molecule has 0 aliphatic rings. The first-order valence-electron chi connectivity index (χ1n) is 4.73. The van der Waals surface area contributed by atoms with E-state index in [2.05, 4.69) is 19.6 Å². The van der Waals surface area contributed by atoms with Crippen LogP contribution in [0.25, 0.3) is 0 Å². The summed E-state index contributed by atoms with van der Waals surface area (Å²) in [7, 11) is 3.30. The highest BCUT2D eigenvalue weighted by atomic mass is 32.2. The topological polar surface area (TPSA) is 27.7 Å². The Balaban J connectivity index is 3.94. The molecule has 0 aromatic rings. The zero-order valence-corrected chi connectivity index (χ0v) is 12.2. The molecule has 0 saturated heterocycles. The molecule has 15 heavy (non-hydrogen) atoms. The predicted octanol–water partition coefficient (Wildman–Crippen LogP) is 2.67. The summed E-state index contributed by atoms with van der Waals surface area (Å²) in [6, 6.07) is 0. The highest BCUT2D eigenvalue weighted by Gasteiger charge is 2.29. The summed E-state index contributed by atoms with van der Waals surface area (Å²) in [5.41, 5.74) is -0.0759. The van der Waals surface area contributed by atoms with E-state index in [1.807, 2.05) is 6.26 Å². The summed E-state index contributed by atoms with van der Waals surface area (Å²) >= 11 is 7.40. The van der Waals surface area contributed by atoms with Crippen molar-refractivity contribution in [2.45, 2.75) is 23.2 Å². The highest BCUT2D eigenvalue weighted by molar-refractivity contribution is 8.17. The van der Waals surface area contributed by atoms with Crippen LogP contribution in [0.5, 0.6) is 0 Å². The summed E-state index contributed by atoms with van der Waals surface area (Å²) in [5.74, 6) is 0.948. The van der Waals surface area contributed by atoms with Crippen LogP contribution >= 0.6 is 36.2 Å². The minimum absolute atomic E-state index is 0.0759. The third-order valence-corrected chi connectivity index (χ3v) is 4.77. The van der Waals surface area contributed by atoms with Crippen LogP contribution < -0.4 is 0 Å². The Kier molecular flexibility index (Phi) is 9.57. The van der Waals surface area contributed by atoms with Gasteiger partial charge in [-0.3, -0.25) is 0 Å². The van der Waals surface area contributed by atoms with Gasteiger partial charge < -0.3 is 14.2 Å². The first-order chi connectivity index (χ1) is 7.14. The van der Waals surface area contributed by atoms with Crippen molar-refractivity contribution in [2.75, 3.05) is 32.8 Å². The molecule has 2 atom stereocenters. The predicted molar refractivity (Wildman–Crippen MR) is 71.7 cm³/mol. The van der Waals surface area contributed by atoms with Gasteiger partial charge in [0.25, 0.3) is 4.45 Å². The van der Waals surface area contributed by atoms with E-state index >= 15 is 0 Å². The molecule has 0 amide bonds. The summed E-state index contributed by atoms with van der Waals surface area (Å²) in [6.07, 6.45) is 2.72. The lowest BCUT2D eigenvalue weighted by Crippen LogP contribution is -2.28. The standard InChI is InChI=1S/C9H20O3S3/c1-5-15-9(11-3,14-4)12-7-6-8(13)10-2/h8,13H,5-7H2,1-4H3. The number of thioether (sulfide) groups is 2. The smallest absolute Gasteiger partial charge is 0.269 e. The Morgan fingerprint density at radius 3 is 2.47 bits per heavy atom. The van der Waals surface area contributed by atoms with Crippen LogP contribution in [0.2, 0.25) is 0 Å². The van der Waals surface area contributed by atoms with Gasteiger partial charge in [0.15, 0.2) is 0 Å². The molecule has 6 heteroatoms. The second-order valence-electron chi connectivity index (χ2n) is 2.67. The molecule has 0 fully saturated rings. The number of hydrogen-bond donors (Lipinski definition) is 1. The van der Waals surface area contributed by atoms with E-state index in [0.717, 1.165) is 12.2 Å². The van der Waals surface area contributed by atoms with E-state index in [9.17, 15) is 0 Å². The molecule has 0 heterocycles. The second-order valence-corrected chi connectivity index (χ2v) is 5.85. The van der Waals surface area contributed by atoms with E-state index in [4.69, 9.17) is 14.2 Å². The first kappa shape index (κ1) is 15.9. The molecule has 0 aromatic heterocycles. The number of methoxy groups -OCH3 is 2. The van der Waals surface area contributed by atoms with Crippen molar-refractivity contribution in [2.24, 2.45) is 0 Å². The molecule has 0 aliphatic carbocycles. The Labute approximate surface area is 106 Å². The van der Waals surface area contributed by atoms with Gasteiger partial charge in [-0.2, -0.15) is 0 Å². The Hall–Kier alpha value is 0.930. The lowest BCUT2D eigenvalue weighted by Gasteiger charge is -2.29. The minimum Gasteiger partial charge on any atom is -0.371 e. The quantitative estimate of drug-likeness (QED) is 0.514. The second kappa shape index (κ2) is 9.01. The molecule has 3 nitrogen and oxygen atoms in total. The number of hydrogen-bond acceptors (Lipinski definition) is 6. The fraction of sp³-hybridized carbons (Fsp3) is 1.00. The van der Waals surface area contributed by atoms with E-state index in [0.29, 0.717) is 6.61 Å². The molecule has 0 saturated carbocycles. The van der Waals surface area contributed by atoms with Crippen molar-refractivity contribution >= 4 is 36.2 Å². The van der Waals surface area contributed by atoms with Crippen LogP contribution in [0.4, 0.5) is 0 Å². The monoisotopic (exact) mass is 272 g/mol. The lowest BCUT2D eigenvalue weighted by atomic mass is 10.5. The van der Waals surface area contributed by atoms with Crippen molar-refractivity contribution in [1.29, 1.82) is 0 Å². The molecule has 0 rings (SSSR count). The third-order valence-electron chi connectivity index (χ3n) is 1.74. The normalized spacial score (nSPS) is 17.4. The van der Waals surface area contributed by atoms with Crippen molar-refractivity contribution in [3.8, 4) is 0 Å². The molecular weight excluding hydrogens is 252 g/mol. The van der Waals surface area contributed by atoms with E-state index in [1.54, 1.807) is 37.7 Å². The third kappa shape index (κ3) is 6.28. The summed E-state index contributed by atoms with van der Waals surface area (Å²) in [5, 5.41) is 0. The molecule has 0 bridgehead atoms. The zero-order chi connectivity index (χ0) is 11.7. The van der Waals surface area contributed by atoms with E-state index in [1.165, 1.54) is 0 Å². The van der Waals surface area contributed by atoms with Crippen molar-refractivity contribution in [3.63, 3.8) is 0 Å². The minimum atomic E-state index is -0.587. The van der Waals surface area contributed by atoms with Crippen molar-refractivity contribution < 1.29 is 14.2 Å². The zero-order valence-electron chi connectivity index (χ0n) is 9.69. The lowest BCUT2D eigenvalue weighted by molar-refractivity contribution is -0.0913. The van der Waals surface area contributed by atoms with Gasteiger partial charge in [-0.05, 0) is 12.0 Å². The van der Waals surface area contributed by atoms with Gasteiger partial charge in [0.2, 0.25) is 0 Å². The summed E-state index contributed by atoms with van der Waals surface area (Å²) in [4.78, 5) is 0. The van der Waals surface area contributed by atoms with Gasteiger partial charge in [-0.15, -0.1) is 12.6 Å². The molecule has 0 N–H and O–H groups in total. The van der Waals surface area contributed by atoms with E-state index < -0.39 is 4.45 Å². The fourth-order valence-electron chi connectivity index (χ4n) is 0.940. The van der Waals surface area contributed by atoms with Gasteiger partial charge in [0.05, 0.1) is 6.61 Å². The maximum absolute atomic E-state index is 5.72. The summed E-state index contributed by atoms with van der Waals surface area (Å²) < 4.78 is 15.5. The Bertz CT molecular complexity index is 154. The van der Waals surface area contributed by atoms with E-state index in [-0.39, 0.29) is 5.44 Å². The number of ether oxygens (including phenoxy) is 3. The molecule has 0 aliphatic heterocycles. The maximum atomic E-state index is 5.72. The maximum Gasteiger partial charge on any atom is 0.269 e. The average molecular weight is 272 g/mol. The summed E-state index contributed by atoms with van der Waals surface area (Å²) in [6.45, 7) is 2.65. The van der Waals surface area contributed by atoms with Crippen LogP contribution in [0, 0.1) is 0 Å². The largest absolute Gasteiger partial charge is 0.371 e. The van der Waals surface area contributed by atoms with Crippen LogP contribution in [0.15, 0.2) is 0 Å². The van der Waals surface area contributed by atoms with Crippen molar-refractivity contribution in [1.82, 2.24) is 0 Å². The Morgan fingerprint density at radius 1 is 1.40 bits per heavy atom. The highest BCUT2D eigenvalue weighted by Crippen LogP contribution is 2.37. The van der Waals surface area contributed by atoms with Crippen LogP contribution in [-0.2, 0) is 14.2 Å². The van der Waals surface area contributed by atoms with Crippen molar-refractivity contribution in [3.05, 3.63) is 0 Å². The molecule has 0 radical (unpaired) electrons. The molecule has 2 unspecified atom stereocenters. The van der Waals surface area contributed by atoms with Crippen LogP contribution in [0.1, 0.15) is 13.3 Å².